The number of hydrogen-bond donors (Lipinski definition) is 1. The van der Waals surface area contributed by atoms with Crippen LogP contribution in [-0.2, 0) is 0 Å². The third kappa shape index (κ3) is 3.51. The summed E-state index contributed by atoms with van der Waals surface area (Å²) in [7, 11) is 2.21. The number of rotatable bonds is 6. The minimum Gasteiger partial charge on any atom is -0.372 e. The van der Waals surface area contributed by atoms with E-state index < -0.39 is 0 Å². The van der Waals surface area contributed by atoms with E-state index in [0.717, 1.165) is 12.6 Å². The van der Waals surface area contributed by atoms with Crippen LogP contribution in [0.15, 0.2) is 22.7 Å². The molecule has 1 aliphatic rings. The summed E-state index contributed by atoms with van der Waals surface area (Å²) >= 11 is 3.73. The van der Waals surface area contributed by atoms with Crippen molar-refractivity contribution in [2.75, 3.05) is 18.5 Å². The highest BCUT2D eigenvalue weighted by molar-refractivity contribution is 9.10. The van der Waals surface area contributed by atoms with Crippen molar-refractivity contribution in [2.24, 2.45) is 0 Å². The van der Waals surface area contributed by atoms with Gasteiger partial charge in [0, 0.05) is 29.3 Å². The van der Waals surface area contributed by atoms with Crippen molar-refractivity contribution in [3.8, 4) is 0 Å². The van der Waals surface area contributed by atoms with Crippen molar-refractivity contribution in [3.05, 3.63) is 28.2 Å². The van der Waals surface area contributed by atoms with E-state index in [1.54, 1.807) is 0 Å². The van der Waals surface area contributed by atoms with Crippen LogP contribution in [0.1, 0.15) is 51.1 Å². The quantitative estimate of drug-likeness (QED) is 0.828. The standard InChI is InChI=1S/C16H25BrN2/c1-4-10-18-12(2)15-9-8-14(11-16(15)17)19(3)13-6-5-7-13/h8-9,11-13,18H,4-7,10H2,1-3H3. The third-order valence-corrected chi connectivity index (χ3v) is 4.87. The van der Waals surface area contributed by atoms with Gasteiger partial charge in [0.05, 0.1) is 0 Å². The Morgan fingerprint density at radius 1 is 1.42 bits per heavy atom. The SMILES string of the molecule is CCCNC(C)c1ccc(N(C)C2CCC2)cc1Br. The van der Waals surface area contributed by atoms with Gasteiger partial charge < -0.3 is 10.2 Å². The van der Waals surface area contributed by atoms with Gasteiger partial charge in [0.25, 0.3) is 0 Å². The predicted molar refractivity (Wildman–Crippen MR) is 86.9 cm³/mol. The summed E-state index contributed by atoms with van der Waals surface area (Å²) in [5, 5.41) is 3.54. The molecule has 1 saturated carbocycles. The first-order valence-corrected chi connectivity index (χ1v) is 8.18. The molecule has 0 radical (unpaired) electrons. The van der Waals surface area contributed by atoms with Crippen LogP contribution >= 0.6 is 15.9 Å². The van der Waals surface area contributed by atoms with E-state index in [2.05, 4.69) is 65.2 Å². The lowest BCUT2D eigenvalue weighted by Crippen LogP contribution is -2.37. The van der Waals surface area contributed by atoms with Crippen molar-refractivity contribution in [1.82, 2.24) is 5.32 Å². The van der Waals surface area contributed by atoms with Crippen LogP contribution in [0.5, 0.6) is 0 Å². The summed E-state index contributed by atoms with van der Waals surface area (Å²) in [6, 6.07) is 7.91. The Bertz CT molecular complexity index is 415. The molecule has 1 aromatic carbocycles. The molecule has 19 heavy (non-hydrogen) atoms. The second-order valence-electron chi connectivity index (χ2n) is 5.58. The van der Waals surface area contributed by atoms with Crippen LogP contribution in [-0.4, -0.2) is 19.6 Å². The lowest BCUT2D eigenvalue weighted by Gasteiger charge is -2.36. The van der Waals surface area contributed by atoms with Gasteiger partial charge in [-0.15, -0.1) is 0 Å². The van der Waals surface area contributed by atoms with Gasteiger partial charge in [-0.25, -0.2) is 0 Å². The highest BCUT2D eigenvalue weighted by atomic mass is 79.9. The first-order chi connectivity index (χ1) is 9.13. The average Bonchev–Trinajstić information content (AvgIpc) is 2.33. The molecule has 0 spiro atoms. The molecule has 1 aromatic rings. The zero-order chi connectivity index (χ0) is 13.8. The van der Waals surface area contributed by atoms with E-state index in [1.165, 1.54) is 41.4 Å². The van der Waals surface area contributed by atoms with Crippen molar-refractivity contribution in [1.29, 1.82) is 0 Å². The third-order valence-electron chi connectivity index (χ3n) is 4.18. The smallest absolute Gasteiger partial charge is 0.0377 e. The van der Waals surface area contributed by atoms with Gasteiger partial charge in [-0.1, -0.05) is 28.9 Å². The molecule has 1 aliphatic carbocycles. The maximum Gasteiger partial charge on any atom is 0.0377 e. The molecule has 2 nitrogen and oxygen atoms in total. The van der Waals surface area contributed by atoms with Gasteiger partial charge in [-0.05, 0) is 56.8 Å². The number of nitrogens with one attached hydrogen (secondary N) is 1. The van der Waals surface area contributed by atoms with Gasteiger partial charge >= 0.3 is 0 Å². The summed E-state index contributed by atoms with van der Waals surface area (Å²) in [4.78, 5) is 2.42. The van der Waals surface area contributed by atoms with Gasteiger partial charge in [-0.2, -0.15) is 0 Å². The number of halogens is 1. The van der Waals surface area contributed by atoms with E-state index in [0.29, 0.717) is 6.04 Å². The summed E-state index contributed by atoms with van der Waals surface area (Å²) in [6.45, 7) is 5.49. The fourth-order valence-electron chi connectivity index (χ4n) is 2.54. The van der Waals surface area contributed by atoms with E-state index in [4.69, 9.17) is 0 Å². The van der Waals surface area contributed by atoms with Crippen LogP contribution in [0.2, 0.25) is 0 Å². The zero-order valence-electron chi connectivity index (χ0n) is 12.2. The molecule has 1 fully saturated rings. The van der Waals surface area contributed by atoms with E-state index >= 15 is 0 Å². The number of hydrogen-bond acceptors (Lipinski definition) is 2. The Morgan fingerprint density at radius 2 is 2.16 bits per heavy atom. The summed E-state index contributed by atoms with van der Waals surface area (Å²) in [6.07, 6.45) is 5.23. The lowest BCUT2D eigenvalue weighted by atomic mass is 9.91. The molecule has 0 amide bonds. The summed E-state index contributed by atoms with van der Waals surface area (Å²) < 4.78 is 1.22. The van der Waals surface area contributed by atoms with Crippen LogP contribution in [0.4, 0.5) is 5.69 Å². The molecule has 0 heterocycles. The highest BCUT2D eigenvalue weighted by Crippen LogP contribution is 2.32. The first kappa shape index (κ1) is 14.9. The maximum absolute atomic E-state index is 3.73. The first-order valence-electron chi connectivity index (χ1n) is 7.39. The van der Waals surface area contributed by atoms with Crippen LogP contribution in [0, 0.1) is 0 Å². The Hall–Kier alpha value is -0.540. The summed E-state index contributed by atoms with van der Waals surface area (Å²) in [5.74, 6) is 0. The van der Waals surface area contributed by atoms with E-state index in [-0.39, 0.29) is 0 Å². The monoisotopic (exact) mass is 324 g/mol. The van der Waals surface area contributed by atoms with Crippen LogP contribution in [0.3, 0.4) is 0 Å². The molecule has 106 valence electrons. The highest BCUT2D eigenvalue weighted by Gasteiger charge is 2.22. The second kappa shape index (κ2) is 6.76. The minimum absolute atomic E-state index is 0.400. The van der Waals surface area contributed by atoms with Gasteiger partial charge in [0.15, 0.2) is 0 Å². The fourth-order valence-corrected chi connectivity index (χ4v) is 3.25. The number of benzene rings is 1. The van der Waals surface area contributed by atoms with Gasteiger partial charge in [-0.3, -0.25) is 0 Å². The predicted octanol–water partition coefficient (Wildman–Crippen LogP) is 4.50. The Morgan fingerprint density at radius 3 is 2.68 bits per heavy atom. The van der Waals surface area contributed by atoms with Gasteiger partial charge in [0.1, 0.15) is 0 Å². The molecule has 0 saturated heterocycles. The van der Waals surface area contributed by atoms with Gasteiger partial charge in [0.2, 0.25) is 0 Å². The van der Waals surface area contributed by atoms with Crippen LogP contribution in [0.25, 0.3) is 0 Å². The van der Waals surface area contributed by atoms with E-state index in [9.17, 15) is 0 Å². The maximum atomic E-state index is 3.73. The van der Waals surface area contributed by atoms with Crippen molar-refractivity contribution >= 4 is 21.6 Å². The van der Waals surface area contributed by atoms with E-state index in [1.807, 2.05) is 0 Å². The Balaban J connectivity index is 2.07. The Kier molecular flexibility index (Phi) is 5.28. The van der Waals surface area contributed by atoms with Crippen molar-refractivity contribution < 1.29 is 0 Å². The largest absolute Gasteiger partial charge is 0.372 e. The molecule has 2 rings (SSSR count). The molecule has 0 aromatic heterocycles. The molecule has 1 N–H and O–H groups in total. The fraction of sp³-hybridized carbons (Fsp3) is 0.625. The normalized spacial score (nSPS) is 17.1. The van der Waals surface area contributed by atoms with Crippen molar-refractivity contribution in [3.63, 3.8) is 0 Å². The number of anilines is 1. The lowest BCUT2D eigenvalue weighted by molar-refractivity contribution is 0.401. The Labute approximate surface area is 125 Å². The topological polar surface area (TPSA) is 15.3 Å². The molecular formula is C16H25BrN2. The molecule has 0 aliphatic heterocycles. The molecule has 1 atom stereocenters. The molecule has 3 heteroatoms. The molecular weight excluding hydrogens is 300 g/mol. The van der Waals surface area contributed by atoms with Crippen LogP contribution < -0.4 is 10.2 Å². The second-order valence-corrected chi connectivity index (χ2v) is 6.43. The summed E-state index contributed by atoms with van der Waals surface area (Å²) in [5.41, 5.74) is 2.67. The zero-order valence-corrected chi connectivity index (χ0v) is 13.8. The average molecular weight is 325 g/mol. The van der Waals surface area contributed by atoms with Crippen molar-refractivity contribution in [2.45, 2.75) is 51.6 Å². The molecule has 1 unspecified atom stereocenters. The number of nitrogens with zero attached hydrogens (tertiary/aromatic N) is 1. The minimum atomic E-state index is 0.400. The molecule has 0 bridgehead atoms.